The van der Waals surface area contributed by atoms with Gasteiger partial charge in [0.25, 0.3) is 0 Å². The average molecular weight is 312 g/mol. The molecule has 1 fully saturated rings. The highest BCUT2D eigenvalue weighted by atomic mass is 32.2. The smallest absolute Gasteiger partial charge is 0.243 e. The van der Waals surface area contributed by atoms with E-state index in [-0.39, 0.29) is 12.2 Å². The van der Waals surface area contributed by atoms with Crippen molar-refractivity contribution in [2.24, 2.45) is 0 Å². The lowest BCUT2D eigenvalue weighted by atomic mass is 10.3. The van der Waals surface area contributed by atoms with Gasteiger partial charge >= 0.3 is 0 Å². The lowest BCUT2D eigenvalue weighted by Gasteiger charge is -2.34. The summed E-state index contributed by atoms with van der Waals surface area (Å²) in [5.74, 6) is 0. The Bertz CT molecular complexity index is 559. The molecular weight excluding hydrogens is 288 g/mol. The monoisotopic (exact) mass is 312 g/mol. The van der Waals surface area contributed by atoms with Gasteiger partial charge in [-0.2, -0.15) is 4.31 Å². The quantitative estimate of drug-likeness (QED) is 0.927. The Kier molecular flexibility index (Phi) is 4.91. The summed E-state index contributed by atoms with van der Waals surface area (Å²) >= 11 is 0. The van der Waals surface area contributed by atoms with Crippen LogP contribution in [0.25, 0.3) is 0 Å². The van der Waals surface area contributed by atoms with E-state index in [1.807, 2.05) is 27.7 Å². The first kappa shape index (κ1) is 16.3. The molecule has 0 amide bonds. The van der Waals surface area contributed by atoms with Crippen LogP contribution in [0.4, 0.5) is 5.69 Å². The Morgan fingerprint density at radius 2 is 1.67 bits per heavy atom. The molecule has 21 heavy (non-hydrogen) atoms. The predicted octanol–water partition coefficient (Wildman–Crippen LogP) is 2.30. The molecule has 0 spiro atoms. The molecule has 2 rings (SSSR count). The molecule has 1 aliphatic rings. The maximum atomic E-state index is 12.7. The average Bonchev–Trinajstić information content (AvgIpc) is 2.37. The molecule has 0 aliphatic carbocycles. The van der Waals surface area contributed by atoms with E-state index in [2.05, 4.69) is 5.32 Å². The minimum Gasteiger partial charge on any atom is -0.383 e. The van der Waals surface area contributed by atoms with Crippen LogP contribution in [-0.2, 0) is 14.8 Å². The molecule has 2 atom stereocenters. The van der Waals surface area contributed by atoms with Gasteiger partial charge < -0.3 is 10.1 Å². The van der Waals surface area contributed by atoms with Crippen LogP contribution in [0.15, 0.2) is 29.2 Å². The van der Waals surface area contributed by atoms with Crippen molar-refractivity contribution in [1.29, 1.82) is 0 Å². The number of sulfonamides is 1. The molecule has 0 bridgehead atoms. The van der Waals surface area contributed by atoms with Crippen LogP contribution in [-0.4, -0.2) is 44.1 Å². The molecule has 0 aromatic heterocycles. The molecule has 118 valence electrons. The van der Waals surface area contributed by atoms with Crippen molar-refractivity contribution in [3.63, 3.8) is 0 Å². The van der Waals surface area contributed by atoms with Crippen molar-refractivity contribution in [1.82, 2.24) is 4.31 Å². The summed E-state index contributed by atoms with van der Waals surface area (Å²) in [4.78, 5) is 0.332. The van der Waals surface area contributed by atoms with Crippen molar-refractivity contribution in [2.45, 2.75) is 50.8 Å². The van der Waals surface area contributed by atoms with Crippen LogP contribution >= 0.6 is 0 Å². The van der Waals surface area contributed by atoms with Crippen molar-refractivity contribution in [3.05, 3.63) is 24.3 Å². The first-order valence-corrected chi connectivity index (χ1v) is 8.75. The van der Waals surface area contributed by atoms with E-state index in [1.54, 1.807) is 24.3 Å². The fourth-order valence-electron chi connectivity index (χ4n) is 2.53. The summed E-state index contributed by atoms with van der Waals surface area (Å²) in [6, 6.07) is 7.24. The molecule has 0 saturated carbocycles. The summed E-state index contributed by atoms with van der Waals surface area (Å²) in [6.45, 7) is 8.68. The first-order chi connectivity index (χ1) is 9.79. The molecule has 5 nitrogen and oxygen atoms in total. The maximum absolute atomic E-state index is 12.7. The number of hydrogen-bond acceptors (Lipinski definition) is 4. The minimum atomic E-state index is -3.45. The third-order valence-corrected chi connectivity index (χ3v) is 5.18. The van der Waals surface area contributed by atoms with Crippen LogP contribution < -0.4 is 5.32 Å². The zero-order valence-electron chi connectivity index (χ0n) is 13.0. The van der Waals surface area contributed by atoms with Crippen LogP contribution in [0, 0.1) is 0 Å². The van der Waals surface area contributed by atoms with Gasteiger partial charge in [0.05, 0.1) is 17.1 Å². The number of rotatable bonds is 4. The minimum absolute atomic E-state index is 0.0783. The number of nitrogens with zero attached hydrogens (tertiary/aromatic N) is 1. The second-order valence-corrected chi connectivity index (χ2v) is 7.84. The largest absolute Gasteiger partial charge is 0.383 e. The highest BCUT2D eigenvalue weighted by Gasteiger charge is 2.32. The van der Waals surface area contributed by atoms with Gasteiger partial charge in [0.1, 0.15) is 0 Å². The first-order valence-electron chi connectivity index (χ1n) is 7.31. The van der Waals surface area contributed by atoms with Crippen molar-refractivity contribution in [3.8, 4) is 0 Å². The van der Waals surface area contributed by atoms with E-state index in [0.29, 0.717) is 24.0 Å². The summed E-state index contributed by atoms with van der Waals surface area (Å²) in [6.07, 6.45) is -0.157. The van der Waals surface area contributed by atoms with Crippen LogP contribution in [0.2, 0.25) is 0 Å². The summed E-state index contributed by atoms with van der Waals surface area (Å²) in [5, 5.41) is 3.25. The Morgan fingerprint density at radius 3 is 2.14 bits per heavy atom. The van der Waals surface area contributed by atoms with Crippen LogP contribution in [0.3, 0.4) is 0 Å². The standard InChI is InChI=1S/C15H24N2O3S/c1-11(2)16-14-5-7-15(8-6-14)21(18,19)17-9-12(3)20-13(4)10-17/h5-8,11-13,16H,9-10H2,1-4H3. The molecule has 1 aliphatic heterocycles. The van der Waals surface area contributed by atoms with E-state index in [4.69, 9.17) is 4.74 Å². The number of morpholine rings is 1. The third-order valence-electron chi connectivity index (χ3n) is 3.33. The number of hydrogen-bond donors (Lipinski definition) is 1. The Hall–Kier alpha value is -1.11. The van der Waals surface area contributed by atoms with Crippen molar-refractivity contribution < 1.29 is 13.2 Å². The van der Waals surface area contributed by atoms with E-state index < -0.39 is 10.0 Å². The van der Waals surface area contributed by atoms with Crippen LogP contribution in [0.5, 0.6) is 0 Å². The SMILES string of the molecule is CC(C)Nc1ccc(S(=O)(=O)N2CC(C)OC(C)C2)cc1. The van der Waals surface area contributed by atoms with Gasteiger partial charge in [0.15, 0.2) is 0 Å². The molecule has 1 saturated heterocycles. The van der Waals surface area contributed by atoms with E-state index in [1.165, 1.54) is 4.31 Å². The molecule has 1 heterocycles. The Morgan fingerprint density at radius 1 is 1.14 bits per heavy atom. The van der Waals surface area contributed by atoms with Gasteiger partial charge in [-0.15, -0.1) is 0 Å². The molecule has 0 radical (unpaired) electrons. The lowest BCUT2D eigenvalue weighted by molar-refractivity contribution is -0.0440. The third kappa shape index (κ3) is 3.96. The molecule has 1 aromatic carbocycles. The van der Waals surface area contributed by atoms with Gasteiger partial charge in [-0.05, 0) is 52.0 Å². The van der Waals surface area contributed by atoms with Gasteiger partial charge in [-0.25, -0.2) is 8.42 Å². The highest BCUT2D eigenvalue weighted by molar-refractivity contribution is 7.89. The fraction of sp³-hybridized carbons (Fsp3) is 0.600. The van der Waals surface area contributed by atoms with Crippen molar-refractivity contribution >= 4 is 15.7 Å². The molecule has 1 N–H and O–H groups in total. The normalized spacial score (nSPS) is 24.2. The molecule has 1 aromatic rings. The van der Waals surface area contributed by atoms with E-state index in [9.17, 15) is 8.42 Å². The number of ether oxygens (including phenoxy) is 1. The lowest BCUT2D eigenvalue weighted by Crippen LogP contribution is -2.48. The zero-order valence-corrected chi connectivity index (χ0v) is 13.9. The number of nitrogens with one attached hydrogen (secondary N) is 1. The summed E-state index contributed by atoms with van der Waals surface area (Å²) in [5.41, 5.74) is 0.924. The second-order valence-electron chi connectivity index (χ2n) is 5.90. The van der Waals surface area contributed by atoms with Gasteiger partial charge in [0, 0.05) is 24.8 Å². The van der Waals surface area contributed by atoms with Gasteiger partial charge in [0.2, 0.25) is 10.0 Å². The van der Waals surface area contributed by atoms with E-state index in [0.717, 1.165) is 5.69 Å². The Labute approximate surface area is 127 Å². The summed E-state index contributed by atoms with van der Waals surface area (Å²) in [7, 11) is -3.45. The number of anilines is 1. The van der Waals surface area contributed by atoms with Gasteiger partial charge in [-0.1, -0.05) is 0 Å². The van der Waals surface area contributed by atoms with Gasteiger partial charge in [-0.3, -0.25) is 0 Å². The zero-order chi connectivity index (χ0) is 15.6. The predicted molar refractivity (Wildman–Crippen MR) is 84.0 cm³/mol. The number of benzene rings is 1. The second kappa shape index (κ2) is 6.34. The van der Waals surface area contributed by atoms with E-state index >= 15 is 0 Å². The molecule has 6 heteroatoms. The maximum Gasteiger partial charge on any atom is 0.243 e. The fourth-order valence-corrected chi connectivity index (χ4v) is 4.12. The molecular formula is C15H24N2O3S. The topological polar surface area (TPSA) is 58.6 Å². The molecule has 2 unspecified atom stereocenters. The Balaban J connectivity index is 2.19. The highest BCUT2D eigenvalue weighted by Crippen LogP contribution is 2.22. The summed E-state index contributed by atoms with van der Waals surface area (Å²) < 4.78 is 32.4. The van der Waals surface area contributed by atoms with Crippen LogP contribution in [0.1, 0.15) is 27.7 Å². The van der Waals surface area contributed by atoms with Crippen molar-refractivity contribution in [2.75, 3.05) is 18.4 Å².